The Hall–Kier alpha value is -0.830. The van der Waals surface area contributed by atoms with Gasteiger partial charge in [-0.25, -0.2) is 0 Å². The molecule has 0 bridgehead atoms. The first-order chi connectivity index (χ1) is 10.6. The van der Waals surface area contributed by atoms with Gasteiger partial charge in [-0.1, -0.05) is 44.2 Å². The van der Waals surface area contributed by atoms with Crippen molar-refractivity contribution in [1.82, 2.24) is 0 Å². The van der Waals surface area contributed by atoms with Gasteiger partial charge < -0.3 is 9.84 Å². The maximum Gasteiger partial charge on any atom is 0.307 e. The van der Waals surface area contributed by atoms with Crippen LogP contribution in [0.3, 0.4) is 0 Å². The quantitative estimate of drug-likeness (QED) is 0.553. The molecule has 1 N–H and O–H groups in total. The second-order valence-electron chi connectivity index (χ2n) is 4.23. The molecule has 0 unspecified atom stereocenters. The lowest BCUT2D eigenvalue weighted by Gasteiger charge is -2.12. The highest BCUT2D eigenvalue weighted by molar-refractivity contribution is 14.1. The van der Waals surface area contributed by atoms with Crippen LogP contribution in [0.1, 0.15) is 25.0 Å². The molecule has 0 aliphatic rings. The second-order valence-corrected chi connectivity index (χ2v) is 6.56. The van der Waals surface area contributed by atoms with Crippen LogP contribution in [-0.2, 0) is 17.8 Å². The summed E-state index contributed by atoms with van der Waals surface area (Å²) in [5, 5.41) is 8.83. The van der Waals surface area contributed by atoms with Gasteiger partial charge in [0.05, 0.1) is 13.6 Å². The van der Waals surface area contributed by atoms with Crippen LogP contribution in [0.15, 0.2) is 42.5 Å². The van der Waals surface area contributed by atoms with Crippen molar-refractivity contribution in [3.8, 4) is 5.75 Å². The van der Waals surface area contributed by atoms with Gasteiger partial charge in [0.25, 0.3) is 0 Å². The molecule has 0 aromatic heterocycles. The molecule has 0 heterocycles. The summed E-state index contributed by atoms with van der Waals surface area (Å²) >= 11 is 4.36. The van der Waals surface area contributed by atoms with E-state index in [1.165, 1.54) is 0 Å². The normalized spacial score (nSPS) is 9.64. The predicted molar refractivity (Wildman–Crippen MR) is 105 cm³/mol. The Balaban J connectivity index is 0.00000116. The van der Waals surface area contributed by atoms with Crippen LogP contribution >= 0.6 is 45.2 Å². The summed E-state index contributed by atoms with van der Waals surface area (Å²) in [7, 11) is 0. The fourth-order valence-electron chi connectivity index (χ4n) is 1.76. The van der Waals surface area contributed by atoms with E-state index in [1.807, 2.05) is 56.3 Å². The van der Waals surface area contributed by atoms with E-state index in [9.17, 15) is 4.79 Å². The summed E-state index contributed by atoms with van der Waals surface area (Å²) in [6.45, 7) is 4.51. The Kier molecular flexibility index (Phi) is 8.77. The first-order valence-corrected chi connectivity index (χ1v) is 9.08. The van der Waals surface area contributed by atoms with Crippen molar-refractivity contribution in [1.29, 1.82) is 0 Å². The van der Waals surface area contributed by atoms with Crippen molar-refractivity contribution >= 4 is 51.2 Å². The molecule has 0 spiro atoms. The largest absolute Gasteiger partial charge is 0.487 e. The molecule has 2 aromatic rings. The Bertz CT molecular complexity index is 590. The molecule has 0 aliphatic carbocycles. The maximum atomic E-state index is 10.8. The van der Waals surface area contributed by atoms with Gasteiger partial charge in [-0.05, 0) is 68.4 Å². The third kappa shape index (κ3) is 6.12. The van der Waals surface area contributed by atoms with Crippen LogP contribution < -0.4 is 4.74 Å². The number of rotatable bonds is 5. The molecule has 5 heteroatoms. The number of halogens is 2. The highest BCUT2D eigenvalue weighted by Gasteiger charge is 2.11. The van der Waals surface area contributed by atoms with Gasteiger partial charge in [-0.2, -0.15) is 0 Å². The first-order valence-electron chi connectivity index (χ1n) is 6.92. The lowest BCUT2D eigenvalue weighted by atomic mass is 10.1. The van der Waals surface area contributed by atoms with E-state index < -0.39 is 5.97 Å². The molecular weight excluding hydrogens is 506 g/mol. The molecule has 22 heavy (non-hydrogen) atoms. The number of carbonyl (C=O) groups is 1. The van der Waals surface area contributed by atoms with Gasteiger partial charge in [0.1, 0.15) is 12.4 Å². The molecule has 0 radical (unpaired) electrons. The van der Waals surface area contributed by atoms with Crippen LogP contribution in [0.25, 0.3) is 0 Å². The minimum absolute atomic E-state index is 0.0327. The van der Waals surface area contributed by atoms with Crippen LogP contribution in [0, 0.1) is 7.14 Å². The van der Waals surface area contributed by atoms with Crippen molar-refractivity contribution in [2.45, 2.75) is 26.9 Å². The molecule has 118 valence electrons. The van der Waals surface area contributed by atoms with Crippen LogP contribution in [0.4, 0.5) is 0 Å². The SMILES string of the molecule is CC.O=C(O)Cc1cc(I)c(OCc2ccccc2)c(I)c1. The summed E-state index contributed by atoms with van der Waals surface area (Å²) < 4.78 is 7.72. The Morgan fingerprint density at radius 1 is 1.05 bits per heavy atom. The fourth-order valence-corrected chi connectivity index (χ4v) is 3.97. The number of benzene rings is 2. The van der Waals surface area contributed by atoms with Gasteiger partial charge >= 0.3 is 5.97 Å². The standard InChI is InChI=1S/C15H12I2O3.C2H6/c16-12-6-11(8-14(18)19)7-13(17)15(12)20-9-10-4-2-1-3-5-10;1-2/h1-7H,8-9H2,(H,18,19);1-2H3. The smallest absolute Gasteiger partial charge is 0.307 e. The Morgan fingerprint density at radius 2 is 1.59 bits per heavy atom. The zero-order valence-electron chi connectivity index (χ0n) is 12.5. The van der Waals surface area contributed by atoms with E-state index >= 15 is 0 Å². The molecule has 0 fully saturated rings. The summed E-state index contributed by atoms with van der Waals surface area (Å²) in [6.07, 6.45) is 0.0327. The number of aliphatic carboxylic acids is 1. The minimum Gasteiger partial charge on any atom is -0.487 e. The molecule has 0 saturated carbocycles. The lowest BCUT2D eigenvalue weighted by Crippen LogP contribution is -2.03. The third-order valence-electron chi connectivity index (χ3n) is 2.64. The number of hydrogen-bond acceptors (Lipinski definition) is 2. The molecule has 0 saturated heterocycles. The maximum absolute atomic E-state index is 10.8. The molecule has 0 atom stereocenters. The summed E-state index contributed by atoms with van der Waals surface area (Å²) in [5.41, 5.74) is 1.90. The molecule has 0 aliphatic heterocycles. The van der Waals surface area contributed by atoms with Crippen molar-refractivity contribution in [3.05, 3.63) is 60.7 Å². The first kappa shape index (κ1) is 19.2. The predicted octanol–water partition coefficient (Wildman–Crippen LogP) is 5.13. The second kappa shape index (κ2) is 10.0. The Labute approximate surface area is 158 Å². The minimum atomic E-state index is -0.824. The van der Waals surface area contributed by atoms with Gasteiger partial charge in [0.15, 0.2) is 0 Å². The molecule has 2 rings (SSSR count). The number of carboxylic acids is 1. The van der Waals surface area contributed by atoms with E-state index in [1.54, 1.807) is 0 Å². The van der Waals surface area contributed by atoms with Crippen LogP contribution in [0.2, 0.25) is 0 Å². The zero-order chi connectivity index (χ0) is 16.5. The van der Waals surface area contributed by atoms with Crippen molar-refractivity contribution in [2.24, 2.45) is 0 Å². The van der Waals surface area contributed by atoms with E-state index in [-0.39, 0.29) is 6.42 Å². The van der Waals surface area contributed by atoms with E-state index in [0.717, 1.165) is 24.0 Å². The summed E-state index contributed by atoms with van der Waals surface area (Å²) in [5.74, 6) is -0.0151. The van der Waals surface area contributed by atoms with E-state index in [4.69, 9.17) is 9.84 Å². The zero-order valence-corrected chi connectivity index (χ0v) is 16.8. The van der Waals surface area contributed by atoms with Crippen molar-refractivity contribution in [3.63, 3.8) is 0 Å². The van der Waals surface area contributed by atoms with Gasteiger partial charge in [-0.3, -0.25) is 4.79 Å². The lowest BCUT2D eigenvalue weighted by molar-refractivity contribution is -0.136. The molecule has 3 nitrogen and oxygen atoms in total. The van der Waals surface area contributed by atoms with Gasteiger partial charge in [0.2, 0.25) is 0 Å². The highest BCUT2D eigenvalue weighted by atomic mass is 127. The average Bonchev–Trinajstić information content (AvgIpc) is 2.49. The third-order valence-corrected chi connectivity index (χ3v) is 4.24. The van der Waals surface area contributed by atoms with Gasteiger partial charge in [0, 0.05) is 0 Å². The fraction of sp³-hybridized carbons (Fsp3) is 0.235. The monoisotopic (exact) mass is 524 g/mol. The topological polar surface area (TPSA) is 46.5 Å². The van der Waals surface area contributed by atoms with Gasteiger partial charge in [-0.15, -0.1) is 0 Å². The molecular formula is C17H18I2O3. The molecule has 0 amide bonds. The number of ether oxygens (including phenoxy) is 1. The van der Waals surface area contributed by atoms with E-state index in [0.29, 0.717) is 6.61 Å². The Morgan fingerprint density at radius 3 is 2.09 bits per heavy atom. The van der Waals surface area contributed by atoms with Crippen LogP contribution in [-0.4, -0.2) is 11.1 Å². The van der Waals surface area contributed by atoms with Crippen molar-refractivity contribution in [2.75, 3.05) is 0 Å². The molecule has 2 aromatic carbocycles. The highest BCUT2D eigenvalue weighted by Crippen LogP contribution is 2.29. The number of carboxylic acid groups (broad SMARTS) is 1. The van der Waals surface area contributed by atoms with Crippen molar-refractivity contribution < 1.29 is 14.6 Å². The number of hydrogen-bond donors (Lipinski definition) is 1. The van der Waals surface area contributed by atoms with Crippen LogP contribution in [0.5, 0.6) is 5.75 Å². The summed E-state index contributed by atoms with van der Waals surface area (Å²) in [4.78, 5) is 10.8. The average molecular weight is 524 g/mol. The summed E-state index contributed by atoms with van der Waals surface area (Å²) in [6, 6.07) is 13.7. The van der Waals surface area contributed by atoms with E-state index in [2.05, 4.69) is 45.2 Å².